The zero-order valence-electron chi connectivity index (χ0n) is 10.1. The van der Waals surface area contributed by atoms with E-state index in [1.54, 1.807) is 0 Å². The van der Waals surface area contributed by atoms with Crippen LogP contribution < -0.4 is 5.73 Å². The van der Waals surface area contributed by atoms with Crippen LogP contribution in [0, 0.1) is 0 Å². The van der Waals surface area contributed by atoms with E-state index in [2.05, 4.69) is 0 Å². The number of hydrogen-bond acceptors (Lipinski definition) is 3. The molecular formula is C12H25NO3. The van der Waals surface area contributed by atoms with Crippen molar-refractivity contribution in [2.24, 2.45) is 5.73 Å². The van der Waals surface area contributed by atoms with Gasteiger partial charge in [-0.05, 0) is 39.0 Å². The minimum atomic E-state index is -0.247. The highest BCUT2D eigenvalue weighted by Crippen LogP contribution is 2.23. The summed E-state index contributed by atoms with van der Waals surface area (Å²) in [5, 5.41) is 0. The fraction of sp³-hybridized carbons (Fsp3) is 0.917. The van der Waals surface area contributed by atoms with E-state index >= 15 is 0 Å². The first kappa shape index (κ1) is 13.5. The maximum absolute atomic E-state index is 10.5. The van der Waals surface area contributed by atoms with E-state index in [1.807, 2.05) is 6.92 Å². The normalized spacial score (nSPS) is 25.6. The second kappa shape index (κ2) is 7.63. The second-order valence-electron chi connectivity index (χ2n) is 4.29. The molecule has 1 aliphatic carbocycles. The average Bonchev–Trinajstić information content (AvgIpc) is 2.27. The summed E-state index contributed by atoms with van der Waals surface area (Å²) in [5.74, 6) is -0.247. The molecule has 1 aliphatic rings. The molecule has 0 aromatic heterocycles. The van der Waals surface area contributed by atoms with Crippen LogP contribution in [0.5, 0.6) is 0 Å². The van der Waals surface area contributed by atoms with E-state index in [0.29, 0.717) is 25.2 Å². The van der Waals surface area contributed by atoms with Gasteiger partial charge >= 0.3 is 0 Å². The minimum absolute atomic E-state index is 0. The number of hydrogen-bond donors (Lipinski definition) is 1. The number of amides is 1. The fourth-order valence-electron chi connectivity index (χ4n) is 2.10. The summed E-state index contributed by atoms with van der Waals surface area (Å²) in [6.07, 6.45) is 6.26. The third kappa shape index (κ3) is 5.47. The molecule has 1 amide bonds. The third-order valence-electron chi connectivity index (χ3n) is 2.94. The van der Waals surface area contributed by atoms with Gasteiger partial charge in [-0.25, -0.2) is 0 Å². The highest BCUT2D eigenvalue weighted by molar-refractivity contribution is 5.73. The van der Waals surface area contributed by atoms with Crippen molar-refractivity contribution >= 4 is 5.91 Å². The summed E-state index contributed by atoms with van der Waals surface area (Å²) < 4.78 is 11.3. The van der Waals surface area contributed by atoms with Crippen LogP contribution in [-0.2, 0) is 14.3 Å². The lowest BCUT2D eigenvalue weighted by Gasteiger charge is -2.28. The Morgan fingerprint density at radius 2 is 1.81 bits per heavy atom. The molecule has 0 aromatic carbocycles. The Balaban J connectivity index is 0.00000256. The zero-order valence-corrected chi connectivity index (χ0v) is 10.1. The van der Waals surface area contributed by atoms with E-state index in [4.69, 9.17) is 15.2 Å². The number of ether oxygens (including phenoxy) is 2. The summed E-state index contributed by atoms with van der Waals surface area (Å²) in [7, 11) is 0. The average molecular weight is 231 g/mol. The molecule has 2 N–H and O–H groups in total. The van der Waals surface area contributed by atoms with Gasteiger partial charge in [0.1, 0.15) is 0 Å². The number of primary amides is 1. The first-order valence-corrected chi connectivity index (χ1v) is 6.24. The quantitative estimate of drug-likeness (QED) is 0.680. The van der Waals surface area contributed by atoms with Gasteiger partial charge in [0, 0.05) is 21.1 Å². The maximum atomic E-state index is 10.5. The van der Waals surface area contributed by atoms with Gasteiger partial charge in [-0.1, -0.05) is 0 Å². The smallest absolute Gasteiger partial charge is 0.217 e. The monoisotopic (exact) mass is 231 g/mol. The van der Waals surface area contributed by atoms with Crippen LogP contribution in [0.2, 0.25) is 0 Å². The number of rotatable bonds is 7. The maximum Gasteiger partial charge on any atom is 0.217 e. The summed E-state index contributed by atoms with van der Waals surface area (Å²) in [5.41, 5.74) is 5.05. The van der Waals surface area contributed by atoms with Crippen LogP contribution in [0.25, 0.3) is 0 Å². The molecule has 0 atom stereocenters. The molecule has 0 spiro atoms. The number of carbonyl (C=O) groups is 1. The van der Waals surface area contributed by atoms with Gasteiger partial charge in [0.15, 0.2) is 0 Å². The van der Waals surface area contributed by atoms with Crippen molar-refractivity contribution in [2.45, 2.75) is 57.7 Å². The predicted molar refractivity (Wildman–Crippen MR) is 64.2 cm³/mol. The zero-order chi connectivity index (χ0) is 11.8. The first-order valence-electron chi connectivity index (χ1n) is 6.24. The lowest BCUT2D eigenvalue weighted by Crippen LogP contribution is -2.27. The molecule has 0 bridgehead atoms. The summed E-state index contributed by atoms with van der Waals surface area (Å²) in [4.78, 5) is 10.5. The van der Waals surface area contributed by atoms with E-state index in [0.717, 1.165) is 38.7 Å². The highest BCUT2D eigenvalue weighted by atomic mass is 16.5. The van der Waals surface area contributed by atoms with Crippen molar-refractivity contribution < 1.29 is 15.7 Å². The van der Waals surface area contributed by atoms with E-state index in [-0.39, 0.29) is 7.33 Å². The minimum Gasteiger partial charge on any atom is -0.379 e. The lowest BCUT2D eigenvalue weighted by molar-refractivity contribution is -0.118. The van der Waals surface area contributed by atoms with Crippen molar-refractivity contribution in [2.75, 3.05) is 13.2 Å². The Morgan fingerprint density at radius 1 is 1.25 bits per heavy atom. The van der Waals surface area contributed by atoms with E-state index < -0.39 is 0 Å². The molecule has 1 saturated carbocycles. The topological polar surface area (TPSA) is 61.6 Å². The first-order chi connectivity index (χ1) is 7.72. The molecule has 16 heavy (non-hydrogen) atoms. The van der Waals surface area contributed by atoms with Crippen molar-refractivity contribution in [3.63, 3.8) is 0 Å². The molecule has 4 nitrogen and oxygen atoms in total. The largest absolute Gasteiger partial charge is 0.379 e. The van der Waals surface area contributed by atoms with Crippen molar-refractivity contribution in [1.82, 2.24) is 0 Å². The lowest BCUT2D eigenvalue weighted by atomic mass is 9.95. The third-order valence-corrected chi connectivity index (χ3v) is 2.94. The Hall–Kier alpha value is -0.610. The Morgan fingerprint density at radius 3 is 2.31 bits per heavy atom. The fourth-order valence-corrected chi connectivity index (χ4v) is 2.10. The summed E-state index contributed by atoms with van der Waals surface area (Å²) in [6.45, 7) is 3.48. The molecule has 0 radical (unpaired) electrons. The highest BCUT2D eigenvalue weighted by Gasteiger charge is 2.21. The Labute approximate surface area is 99.0 Å². The molecule has 0 aliphatic heterocycles. The van der Waals surface area contributed by atoms with Crippen LogP contribution in [0.4, 0.5) is 0 Å². The van der Waals surface area contributed by atoms with Gasteiger partial charge in [-0.3, -0.25) is 4.79 Å². The van der Waals surface area contributed by atoms with Gasteiger partial charge in [0.05, 0.1) is 12.2 Å². The van der Waals surface area contributed by atoms with Gasteiger partial charge < -0.3 is 15.2 Å². The Kier molecular flexibility index (Phi) is 6.42. The van der Waals surface area contributed by atoms with Crippen LogP contribution in [0.15, 0.2) is 0 Å². The molecular weight excluding hydrogens is 206 g/mol. The van der Waals surface area contributed by atoms with Crippen LogP contribution in [0.3, 0.4) is 0 Å². The van der Waals surface area contributed by atoms with E-state index in [1.165, 1.54) is 0 Å². The number of carbonyl (C=O) groups excluding carboxylic acids is 1. The number of nitrogens with two attached hydrogens (primary N) is 1. The molecule has 1 rings (SSSR count). The van der Waals surface area contributed by atoms with Gasteiger partial charge in [0.2, 0.25) is 5.91 Å². The van der Waals surface area contributed by atoms with Gasteiger partial charge in [-0.2, -0.15) is 0 Å². The van der Waals surface area contributed by atoms with Crippen molar-refractivity contribution in [3.05, 3.63) is 0 Å². The molecule has 0 heterocycles. The van der Waals surface area contributed by atoms with Crippen molar-refractivity contribution in [3.8, 4) is 0 Å². The van der Waals surface area contributed by atoms with Gasteiger partial charge in [0.25, 0.3) is 0 Å². The van der Waals surface area contributed by atoms with Gasteiger partial charge in [-0.15, -0.1) is 0 Å². The Bertz CT molecular complexity index is 206. The summed E-state index contributed by atoms with van der Waals surface area (Å²) >= 11 is 0. The molecule has 0 saturated heterocycles. The SMILES string of the molecule is CCOC1CCC(OCCCC(N)=O)CC1.[HH]. The van der Waals surface area contributed by atoms with Crippen LogP contribution >= 0.6 is 0 Å². The molecule has 4 heteroatoms. The van der Waals surface area contributed by atoms with Crippen LogP contribution in [0.1, 0.15) is 46.9 Å². The van der Waals surface area contributed by atoms with Crippen LogP contribution in [-0.4, -0.2) is 31.3 Å². The molecule has 96 valence electrons. The molecule has 0 unspecified atom stereocenters. The molecule has 1 fully saturated rings. The second-order valence-corrected chi connectivity index (χ2v) is 4.29. The van der Waals surface area contributed by atoms with Crippen molar-refractivity contribution in [1.29, 1.82) is 0 Å². The summed E-state index contributed by atoms with van der Waals surface area (Å²) in [6, 6.07) is 0. The predicted octanol–water partition coefficient (Wildman–Crippen LogP) is 1.86. The standard InChI is InChI=1S/C12H23NO3.H2/c1-2-15-10-5-7-11(8-6-10)16-9-3-4-12(13)14;/h10-11H,2-9H2,1H3,(H2,13,14);1H. The van der Waals surface area contributed by atoms with E-state index in [9.17, 15) is 4.79 Å². The molecule has 0 aromatic rings.